The molecule has 1 aliphatic rings. The Balaban J connectivity index is 1.35. The van der Waals surface area contributed by atoms with Crippen molar-refractivity contribution >= 4 is 34.4 Å². The smallest absolute Gasteiger partial charge is 0.318 e. The van der Waals surface area contributed by atoms with Gasteiger partial charge in [0, 0.05) is 68.1 Å². The van der Waals surface area contributed by atoms with Gasteiger partial charge in [0.2, 0.25) is 5.91 Å². The fourth-order valence-corrected chi connectivity index (χ4v) is 5.60. The van der Waals surface area contributed by atoms with Gasteiger partial charge in [-0.3, -0.25) is 14.6 Å². The second-order valence-corrected chi connectivity index (χ2v) is 11.3. The monoisotopic (exact) mass is 597 g/mol. The Bertz CT molecular complexity index is 1610. The van der Waals surface area contributed by atoms with Crippen LogP contribution in [0, 0.1) is 0 Å². The van der Waals surface area contributed by atoms with Crippen molar-refractivity contribution in [1.29, 1.82) is 0 Å². The number of hydrogen-bond donors (Lipinski definition) is 3. The molecule has 2 unspecified atom stereocenters. The number of pyridine rings is 1. The van der Waals surface area contributed by atoms with Gasteiger partial charge in [-0.15, -0.1) is 0 Å². The number of aromatic amines is 1. The van der Waals surface area contributed by atoms with E-state index in [1.54, 1.807) is 41.4 Å². The lowest BCUT2D eigenvalue weighted by Crippen LogP contribution is -2.57. The normalized spacial score (nSPS) is 14.8. The molecule has 2 aromatic heterocycles. The summed E-state index contributed by atoms with van der Waals surface area (Å²) >= 11 is 0. The van der Waals surface area contributed by atoms with Crippen molar-refractivity contribution in [3.63, 3.8) is 0 Å². The maximum atomic E-state index is 14.0. The molecule has 3 heterocycles. The molecule has 4 aromatic rings. The molecule has 0 spiro atoms. The maximum absolute atomic E-state index is 14.0. The van der Waals surface area contributed by atoms with Crippen LogP contribution in [-0.4, -0.2) is 95.9 Å². The summed E-state index contributed by atoms with van der Waals surface area (Å²) in [7, 11) is 5.51. The van der Waals surface area contributed by atoms with Gasteiger partial charge in [0.1, 0.15) is 11.8 Å². The predicted octanol–water partition coefficient (Wildman–Crippen LogP) is 3.91. The number of anilines is 1. The van der Waals surface area contributed by atoms with Crippen LogP contribution in [0.2, 0.25) is 0 Å². The third-order valence-electron chi connectivity index (χ3n) is 7.96. The fourth-order valence-electron chi connectivity index (χ4n) is 5.60. The SMILES string of the molecule is COc1ccc(CN(C)C)cc1NC(=O)C(NC(=O)N1CCN(C(=O)c2cccnc2)CC1)C(C)c1c[nH]c2ccccc12. The number of nitrogens with one attached hydrogen (secondary N) is 3. The summed E-state index contributed by atoms with van der Waals surface area (Å²) in [6.07, 6.45) is 5.06. The molecule has 1 saturated heterocycles. The number of piperazine rings is 1. The van der Waals surface area contributed by atoms with Gasteiger partial charge in [0.05, 0.1) is 18.4 Å². The number of hydrogen-bond acceptors (Lipinski definition) is 6. The van der Waals surface area contributed by atoms with E-state index in [1.807, 2.05) is 74.6 Å². The first kappa shape index (κ1) is 30.6. The second kappa shape index (κ2) is 13.6. The highest BCUT2D eigenvalue weighted by Crippen LogP contribution is 2.30. The molecule has 0 aliphatic carbocycles. The molecule has 44 heavy (non-hydrogen) atoms. The zero-order chi connectivity index (χ0) is 31.2. The number of amides is 4. The van der Waals surface area contributed by atoms with Crippen molar-refractivity contribution in [1.82, 2.24) is 30.0 Å². The molecule has 4 amide bonds. The van der Waals surface area contributed by atoms with E-state index in [1.165, 1.54) is 0 Å². The van der Waals surface area contributed by atoms with Crippen LogP contribution in [-0.2, 0) is 11.3 Å². The standard InChI is InChI=1S/C33H39N7O4/c1-22(26-20-35-27-10-6-5-9-25(26)27)30(31(41)36-28-18-23(21-38(2)3)11-12-29(28)44-4)37-33(43)40-16-14-39(15-17-40)32(42)24-8-7-13-34-19-24/h5-13,18-20,22,30,35H,14-17,21H2,1-4H3,(H,36,41)(H,37,43). The number of benzene rings is 2. The lowest BCUT2D eigenvalue weighted by atomic mass is 9.92. The molecule has 0 bridgehead atoms. The van der Waals surface area contributed by atoms with Crippen molar-refractivity contribution in [2.24, 2.45) is 0 Å². The molecule has 5 rings (SSSR count). The summed E-state index contributed by atoms with van der Waals surface area (Å²) in [5, 5.41) is 7.03. The summed E-state index contributed by atoms with van der Waals surface area (Å²) in [6, 6.07) is 15.8. The molecule has 0 radical (unpaired) electrons. The van der Waals surface area contributed by atoms with E-state index < -0.39 is 6.04 Å². The van der Waals surface area contributed by atoms with Crippen LogP contribution in [0.4, 0.5) is 10.5 Å². The zero-order valence-electron chi connectivity index (χ0n) is 25.5. The van der Waals surface area contributed by atoms with E-state index in [0.29, 0.717) is 49.7 Å². The minimum absolute atomic E-state index is 0.117. The van der Waals surface area contributed by atoms with E-state index in [4.69, 9.17) is 4.74 Å². The van der Waals surface area contributed by atoms with Gasteiger partial charge in [0.15, 0.2) is 0 Å². The number of carbonyl (C=O) groups is 3. The van der Waals surface area contributed by atoms with E-state index in [0.717, 1.165) is 22.0 Å². The highest BCUT2D eigenvalue weighted by Gasteiger charge is 2.33. The molecule has 230 valence electrons. The van der Waals surface area contributed by atoms with Crippen LogP contribution < -0.4 is 15.4 Å². The lowest BCUT2D eigenvalue weighted by molar-refractivity contribution is -0.118. The minimum atomic E-state index is -0.904. The van der Waals surface area contributed by atoms with E-state index >= 15 is 0 Å². The molecule has 11 heteroatoms. The first-order valence-corrected chi connectivity index (χ1v) is 14.7. The molecule has 11 nitrogen and oxygen atoms in total. The highest BCUT2D eigenvalue weighted by atomic mass is 16.5. The van der Waals surface area contributed by atoms with Gasteiger partial charge in [-0.1, -0.05) is 31.2 Å². The lowest BCUT2D eigenvalue weighted by Gasteiger charge is -2.36. The third-order valence-corrected chi connectivity index (χ3v) is 7.96. The number of methoxy groups -OCH3 is 1. The van der Waals surface area contributed by atoms with Gasteiger partial charge < -0.3 is 35.1 Å². The number of rotatable bonds is 9. The Morgan fingerprint density at radius 2 is 1.77 bits per heavy atom. The Kier molecular flexibility index (Phi) is 9.44. The number of fused-ring (bicyclic) bond motifs is 1. The summed E-state index contributed by atoms with van der Waals surface area (Å²) in [5.41, 5.74) is 3.92. The van der Waals surface area contributed by atoms with Crippen molar-refractivity contribution in [2.75, 3.05) is 52.7 Å². The van der Waals surface area contributed by atoms with E-state index in [9.17, 15) is 14.4 Å². The van der Waals surface area contributed by atoms with Gasteiger partial charge in [-0.05, 0) is 55.6 Å². The Morgan fingerprint density at radius 3 is 2.48 bits per heavy atom. The number of aromatic nitrogens is 2. The van der Waals surface area contributed by atoms with E-state index in [-0.39, 0.29) is 23.8 Å². The van der Waals surface area contributed by atoms with Crippen LogP contribution in [0.1, 0.15) is 34.3 Å². The molecular formula is C33H39N7O4. The van der Waals surface area contributed by atoms with Crippen molar-refractivity contribution < 1.29 is 19.1 Å². The van der Waals surface area contributed by atoms with Crippen LogP contribution in [0.25, 0.3) is 10.9 Å². The zero-order valence-corrected chi connectivity index (χ0v) is 25.5. The number of carbonyl (C=O) groups excluding carboxylic acids is 3. The quantitative estimate of drug-likeness (QED) is 0.269. The first-order chi connectivity index (χ1) is 21.2. The maximum Gasteiger partial charge on any atom is 0.318 e. The molecule has 1 fully saturated rings. The van der Waals surface area contributed by atoms with Gasteiger partial charge in [-0.2, -0.15) is 0 Å². The molecule has 2 atom stereocenters. The summed E-state index contributed by atoms with van der Waals surface area (Å²) in [6.45, 7) is 4.07. The second-order valence-electron chi connectivity index (χ2n) is 11.3. The van der Waals surface area contributed by atoms with Gasteiger partial charge in [0.25, 0.3) is 5.91 Å². The molecular weight excluding hydrogens is 558 g/mol. The van der Waals surface area contributed by atoms with Crippen molar-refractivity contribution in [2.45, 2.75) is 25.4 Å². The Labute approximate surface area is 257 Å². The van der Waals surface area contributed by atoms with Gasteiger partial charge in [-0.25, -0.2) is 4.79 Å². The predicted molar refractivity (Wildman–Crippen MR) is 170 cm³/mol. The topological polar surface area (TPSA) is 123 Å². The van der Waals surface area contributed by atoms with Crippen LogP contribution in [0.15, 0.2) is 73.2 Å². The van der Waals surface area contributed by atoms with Crippen LogP contribution in [0.5, 0.6) is 5.75 Å². The average Bonchev–Trinajstić information content (AvgIpc) is 3.47. The average molecular weight is 598 g/mol. The largest absolute Gasteiger partial charge is 0.495 e. The van der Waals surface area contributed by atoms with Gasteiger partial charge >= 0.3 is 6.03 Å². The number of H-pyrrole nitrogens is 1. The number of ether oxygens (including phenoxy) is 1. The first-order valence-electron chi connectivity index (χ1n) is 14.7. The Hall–Kier alpha value is -4.90. The summed E-state index contributed by atoms with van der Waals surface area (Å²) in [4.78, 5) is 53.3. The highest BCUT2D eigenvalue weighted by molar-refractivity contribution is 5.99. The summed E-state index contributed by atoms with van der Waals surface area (Å²) in [5.74, 6) is -0.324. The molecule has 0 saturated carbocycles. The van der Waals surface area contributed by atoms with Crippen molar-refractivity contribution in [3.05, 3.63) is 89.9 Å². The van der Waals surface area contributed by atoms with Crippen molar-refractivity contribution in [3.8, 4) is 5.75 Å². The molecule has 2 aromatic carbocycles. The van der Waals surface area contributed by atoms with Crippen LogP contribution in [0.3, 0.4) is 0 Å². The Morgan fingerprint density at radius 1 is 1.02 bits per heavy atom. The molecule has 3 N–H and O–H groups in total. The number of urea groups is 1. The molecule has 1 aliphatic heterocycles. The minimum Gasteiger partial charge on any atom is -0.495 e. The number of nitrogens with zero attached hydrogens (tertiary/aromatic N) is 4. The van der Waals surface area contributed by atoms with Crippen LogP contribution >= 0.6 is 0 Å². The summed E-state index contributed by atoms with van der Waals surface area (Å²) < 4.78 is 5.55. The fraction of sp³-hybridized carbons (Fsp3) is 0.333. The van der Waals surface area contributed by atoms with E-state index in [2.05, 4.69) is 20.6 Å². The third kappa shape index (κ3) is 6.84. The number of para-hydroxylation sites is 1.